The molecule has 2 fully saturated rings. The van der Waals surface area contributed by atoms with Crippen molar-refractivity contribution in [3.05, 3.63) is 59.0 Å². The van der Waals surface area contributed by atoms with Crippen molar-refractivity contribution < 1.29 is 19.0 Å². The summed E-state index contributed by atoms with van der Waals surface area (Å²) in [6.45, 7) is 5.29. The van der Waals surface area contributed by atoms with Gasteiger partial charge in [-0.2, -0.15) is 0 Å². The zero-order valence-electron chi connectivity index (χ0n) is 19.7. The molecule has 1 aliphatic heterocycles. The van der Waals surface area contributed by atoms with Crippen LogP contribution < -0.4 is 5.73 Å². The number of rotatable bonds is 6. The molecule has 2 aliphatic rings. The van der Waals surface area contributed by atoms with E-state index in [2.05, 4.69) is 4.57 Å². The Morgan fingerprint density at radius 3 is 2.44 bits per heavy atom. The van der Waals surface area contributed by atoms with E-state index in [0.717, 1.165) is 40.7 Å². The summed E-state index contributed by atoms with van der Waals surface area (Å²) in [7, 11) is 0. The molecule has 0 amide bonds. The van der Waals surface area contributed by atoms with Crippen LogP contribution in [0.1, 0.15) is 62.3 Å². The molecule has 2 aromatic carbocycles. The van der Waals surface area contributed by atoms with Gasteiger partial charge in [-0.3, -0.25) is 4.79 Å². The normalized spacial score (nSPS) is 17.1. The topological polar surface area (TPSA) is 101 Å². The Hall–Kier alpha value is -3.19. The molecular weight excluding hydrogens is 433 g/mol. The fourth-order valence-electron chi connectivity index (χ4n) is 4.99. The van der Waals surface area contributed by atoms with Crippen LogP contribution >= 0.6 is 0 Å². The summed E-state index contributed by atoms with van der Waals surface area (Å²) in [4.78, 5) is 12.1. The van der Waals surface area contributed by atoms with Crippen LogP contribution in [0.4, 0.5) is 10.1 Å². The number of carbonyl (C=O) groups is 1. The van der Waals surface area contributed by atoms with Gasteiger partial charge in [-0.05, 0) is 74.1 Å². The second-order valence-corrected chi connectivity index (χ2v) is 8.97. The average Bonchev–Trinajstić information content (AvgIpc) is 3.59. The number of nitrogen functional groups attached to an aromatic ring is 1. The molecule has 0 atom stereocenters. The van der Waals surface area contributed by atoms with Crippen molar-refractivity contribution in [1.29, 1.82) is 5.41 Å². The predicted octanol–water partition coefficient (Wildman–Crippen LogP) is 5.68. The van der Waals surface area contributed by atoms with Crippen LogP contribution in [0, 0.1) is 16.6 Å². The van der Waals surface area contributed by atoms with Crippen LogP contribution in [0.5, 0.6) is 0 Å². The van der Waals surface area contributed by atoms with Crippen molar-refractivity contribution in [2.24, 2.45) is 5.41 Å². The summed E-state index contributed by atoms with van der Waals surface area (Å²) >= 11 is 0. The van der Waals surface area contributed by atoms with E-state index in [1.165, 1.54) is 18.3 Å². The van der Waals surface area contributed by atoms with E-state index in [1.54, 1.807) is 12.1 Å². The van der Waals surface area contributed by atoms with Crippen LogP contribution in [0.15, 0.2) is 36.4 Å². The molecule has 0 bridgehead atoms. The van der Waals surface area contributed by atoms with Gasteiger partial charge in [0, 0.05) is 53.4 Å². The third kappa shape index (κ3) is 4.20. The van der Waals surface area contributed by atoms with Crippen LogP contribution in [-0.4, -0.2) is 35.1 Å². The largest absolute Gasteiger partial charge is 0.481 e. The molecule has 4 N–H and O–H groups in total. The van der Waals surface area contributed by atoms with Crippen molar-refractivity contribution >= 4 is 28.8 Å². The Morgan fingerprint density at radius 2 is 1.88 bits per heavy atom. The highest BCUT2D eigenvalue weighted by Gasteiger charge is 2.51. The van der Waals surface area contributed by atoms with Gasteiger partial charge in [0.1, 0.15) is 5.82 Å². The number of aliphatic carboxylic acids is 1. The molecule has 1 aromatic heterocycles. The highest BCUT2D eigenvalue weighted by molar-refractivity contribution is 5.98. The molecule has 1 saturated heterocycles. The van der Waals surface area contributed by atoms with E-state index >= 15 is 0 Å². The first-order chi connectivity index (χ1) is 16.4. The van der Waals surface area contributed by atoms with E-state index < -0.39 is 11.4 Å². The van der Waals surface area contributed by atoms with Crippen molar-refractivity contribution in [3.8, 4) is 5.69 Å². The Morgan fingerprint density at radius 1 is 1.24 bits per heavy atom. The number of anilines is 1. The number of carboxylic acids is 1. The highest BCUT2D eigenvalue weighted by Crippen LogP contribution is 2.52. The number of ether oxygens (including phenoxy) is 1. The number of fused-ring (bicyclic) bond motifs is 1. The van der Waals surface area contributed by atoms with Gasteiger partial charge in [-0.25, -0.2) is 4.39 Å². The number of halogens is 1. The third-order valence-electron chi connectivity index (χ3n) is 6.99. The quantitative estimate of drug-likeness (QED) is 0.322. The number of nitrogens with zero attached hydrogens (tertiary/aromatic N) is 1. The molecular formula is C27H32FN3O3. The Bertz CT molecular complexity index is 1210. The van der Waals surface area contributed by atoms with Gasteiger partial charge < -0.3 is 25.6 Å². The monoisotopic (exact) mass is 465 g/mol. The Kier molecular flexibility index (Phi) is 6.75. The maximum absolute atomic E-state index is 13.7. The zero-order chi connectivity index (χ0) is 24.5. The Labute approximate surface area is 199 Å². The summed E-state index contributed by atoms with van der Waals surface area (Å²) in [5, 5.41) is 18.6. The Balaban J connectivity index is 0.00000133. The van der Waals surface area contributed by atoms with Crippen molar-refractivity contribution in [2.75, 3.05) is 18.9 Å². The summed E-state index contributed by atoms with van der Waals surface area (Å²) in [6, 6.07) is 10.1. The minimum Gasteiger partial charge on any atom is -0.481 e. The lowest BCUT2D eigenvalue weighted by molar-refractivity contribution is -0.143. The van der Waals surface area contributed by atoms with Crippen LogP contribution in [0.2, 0.25) is 0 Å². The van der Waals surface area contributed by atoms with Crippen LogP contribution in [0.25, 0.3) is 16.6 Å². The molecule has 1 saturated carbocycles. The lowest BCUT2D eigenvalue weighted by Gasteiger charge is -2.26. The van der Waals surface area contributed by atoms with Crippen LogP contribution in [-0.2, 0) is 16.0 Å². The maximum atomic E-state index is 13.7. The average molecular weight is 466 g/mol. The molecule has 180 valence electrons. The molecule has 3 aromatic rings. The van der Waals surface area contributed by atoms with E-state index in [0.29, 0.717) is 43.7 Å². The smallest absolute Gasteiger partial charge is 0.309 e. The standard InChI is InChI=1S/C25H26FN3O3.C2H6/c26-17-1-3-18(4-2-17)29-22-11-16(14-27)21(28)12-19(22)20(13-25(7-8-25)24(30)31)23(29)15-5-9-32-10-6-15;1-2/h1-4,11-12,14-15,27H,5-10,13,28H2,(H,30,31);1-2H3. The number of carboxylic acid groups (broad SMARTS) is 1. The zero-order valence-corrected chi connectivity index (χ0v) is 19.7. The second-order valence-electron chi connectivity index (χ2n) is 8.97. The minimum atomic E-state index is -0.762. The number of hydrogen-bond acceptors (Lipinski definition) is 4. The molecule has 1 aliphatic carbocycles. The molecule has 7 heteroatoms. The molecule has 5 rings (SSSR count). The van der Waals surface area contributed by atoms with E-state index in [-0.39, 0.29) is 11.7 Å². The van der Waals surface area contributed by atoms with E-state index in [1.807, 2.05) is 26.0 Å². The van der Waals surface area contributed by atoms with E-state index in [9.17, 15) is 14.3 Å². The lowest BCUT2D eigenvalue weighted by Crippen LogP contribution is -2.21. The second kappa shape index (κ2) is 9.58. The summed E-state index contributed by atoms with van der Waals surface area (Å²) in [6.07, 6.45) is 4.64. The summed E-state index contributed by atoms with van der Waals surface area (Å²) < 4.78 is 21.4. The lowest BCUT2D eigenvalue weighted by atomic mass is 9.87. The van der Waals surface area contributed by atoms with Gasteiger partial charge in [-0.15, -0.1) is 0 Å². The molecule has 0 radical (unpaired) electrons. The van der Waals surface area contributed by atoms with Gasteiger partial charge >= 0.3 is 5.97 Å². The fourth-order valence-corrected chi connectivity index (χ4v) is 4.99. The highest BCUT2D eigenvalue weighted by atomic mass is 19.1. The number of nitrogens with one attached hydrogen (secondary N) is 1. The van der Waals surface area contributed by atoms with Crippen molar-refractivity contribution in [1.82, 2.24) is 4.57 Å². The van der Waals surface area contributed by atoms with Gasteiger partial charge in [0.25, 0.3) is 0 Å². The van der Waals surface area contributed by atoms with Gasteiger partial charge in [0.15, 0.2) is 0 Å². The summed E-state index contributed by atoms with van der Waals surface area (Å²) in [5.41, 5.74) is 10.3. The SMILES string of the molecule is CC.N=Cc1cc2c(cc1N)c(CC1(C(=O)O)CC1)c(C1CCOCC1)n2-c1ccc(F)cc1. The molecule has 0 unspecified atom stereocenters. The van der Waals surface area contributed by atoms with Gasteiger partial charge in [0.05, 0.1) is 10.9 Å². The minimum absolute atomic E-state index is 0.186. The number of hydrogen-bond donors (Lipinski definition) is 3. The van der Waals surface area contributed by atoms with E-state index in [4.69, 9.17) is 15.9 Å². The molecule has 34 heavy (non-hydrogen) atoms. The number of benzene rings is 2. The maximum Gasteiger partial charge on any atom is 0.309 e. The van der Waals surface area contributed by atoms with Crippen LogP contribution in [0.3, 0.4) is 0 Å². The van der Waals surface area contributed by atoms with Crippen molar-refractivity contribution in [2.45, 2.75) is 51.9 Å². The van der Waals surface area contributed by atoms with Crippen molar-refractivity contribution in [3.63, 3.8) is 0 Å². The van der Waals surface area contributed by atoms with Gasteiger partial charge in [-0.1, -0.05) is 13.8 Å². The summed E-state index contributed by atoms with van der Waals surface area (Å²) in [5.74, 6) is -0.891. The molecule has 0 spiro atoms. The first kappa shape index (κ1) is 24.0. The predicted molar refractivity (Wildman–Crippen MR) is 133 cm³/mol. The van der Waals surface area contributed by atoms with Gasteiger partial charge in [0.2, 0.25) is 0 Å². The first-order valence-electron chi connectivity index (χ1n) is 12.0. The molecule has 6 nitrogen and oxygen atoms in total. The fraction of sp³-hybridized carbons (Fsp3) is 0.407. The first-order valence-corrected chi connectivity index (χ1v) is 12.0. The third-order valence-corrected chi connectivity index (χ3v) is 6.99. The molecule has 2 heterocycles. The number of aromatic nitrogens is 1. The number of nitrogens with two attached hydrogens (primary N) is 1.